The Morgan fingerprint density at radius 3 is 3.06 bits per heavy atom. The summed E-state index contributed by atoms with van der Waals surface area (Å²) in [6.07, 6.45) is 0.564. The lowest BCUT2D eigenvalue weighted by atomic mass is 10.3. The minimum atomic E-state index is 0.346. The van der Waals surface area contributed by atoms with Crippen molar-refractivity contribution in [3.8, 4) is 5.75 Å². The first-order chi connectivity index (χ1) is 8.31. The van der Waals surface area contributed by atoms with Crippen molar-refractivity contribution in [2.45, 2.75) is 6.42 Å². The Labute approximate surface area is 104 Å². The van der Waals surface area contributed by atoms with Gasteiger partial charge in [-0.3, -0.25) is 0 Å². The van der Waals surface area contributed by atoms with Crippen molar-refractivity contribution in [1.82, 2.24) is 10.2 Å². The molecule has 0 fully saturated rings. The molecule has 0 aliphatic heterocycles. The van der Waals surface area contributed by atoms with Gasteiger partial charge in [0.2, 0.25) is 5.89 Å². The average molecular weight is 254 g/mol. The first-order valence-corrected chi connectivity index (χ1v) is 5.64. The molecule has 5 nitrogen and oxygen atoms in total. The second kappa shape index (κ2) is 5.54. The van der Waals surface area contributed by atoms with Gasteiger partial charge in [0.15, 0.2) is 0 Å². The molecule has 17 heavy (non-hydrogen) atoms. The molecule has 0 saturated heterocycles. The van der Waals surface area contributed by atoms with Crippen molar-refractivity contribution >= 4 is 23.3 Å². The zero-order valence-corrected chi connectivity index (χ0v) is 10.1. The SMILES string of the molecule is COc1cccc(Nc2nnc(CCCl)o2)c1. The molecule has 2 rings (SSSR count). The second-order valence-corrected chi connectivity index (χ2v) is 3.67. The first kappa shape index (κ1) is 11.7. The van der Waals surface area contributed by atoms with Gasteiger partial charge in [-0.2, -0.15) is 0 Å². The zero-order chi connectivity index (χ0) is 12.1. The average Bonchev–Trinajstić information content (AvgIpc) is 2.77. The number of nitrogens with one attached hydrogen (secondary N) is 1. The van der Waals surface area contributed by atoms with Gasteiger partial charge in [0.05, 0.1) is 7.11 Å². The highest BCUT2D eigenvalue weighted by Gasteiger charge is 2.05. The molecule has 0 bridgehead atoms. The van der Waals surface area contributed by atoms with E-state index >= 15 is 0 Å². The van der Waals surface area contributed by atoms with Gasteiger partial charge in [0.1, 0.15) is 5.75 Å². The van der Waals surface area contributed by atoms with Crippen LogP contribution < -0.4 is 10.1 Å². The monoisotopic (exact) mass is 253 g/mol. The van der Waals surface area contributed by atoms with Crippen molar-refractivity contribution in [3.05, 3.63) is 30.2 Å². The van der Waals surface area contributed by atoms with Crippen LogP contribution in [0, 0.1) is 0 Å². The number of anilines is 2. The summed E-state index contributed by atoms with van der Waals surface area (Å²) < 4.78 is 10.5. The third-order valence-corrected chi connectivity index (χ3v) is 2.29. The molecule has 0 saturated carbocycles. The lowest BCUT2D eigenvalue weighted by Gasteiger charge is -2.03. The summed E-state index contributed by atoms with van der Waals surface area (Å²) in [5.74, 6) is 1.74. The molecule has 0 atom stereocenters. The summed E-state index contributed by atoms with van der Waals surface area (Å²) in [6, 6.07) is 7.80. The number of hydrogen-bond acceptors (Lipinski definition) is 5. The molecule has 0 unspecified atom stereocenters. The van der Waals surface area contributed by atoms with Crippen LogP contribution in [0.1, 0.15) is 5.89 Å². The van der Waals surface area contributed by atoms with Gasteiger partial charge in [0, 0.05) is 24.1 Å². The number of rotatable bonds is 5. The number of benzene rings is 1. The number of hydrogen-bond donors (Lipinski definition) is 1. The molecule has 0 spiro atoms. The number of nitrogens with zero attached hydrogens (tertiary/aromatic N) is 2. The molecule has 90 valence electrons. The maximum atomic E-state index is 5.58. The highest BCUT2D eigenvalue weighted by Crippen LogP contribution is 2.20. The molecule has 0 amide bonds. The van der Waals surface area contributed by atoms with Crippen molar-refractivity contribution in [3.63, 3.8) is 0 Å². The normalized spacial score (nSPS) is 10.2. The van der Waals surface area contributed by atoms with Gasteiger partial charge in [-0.1, -0.05) is 11.2 Å². The standard InChI is InChI=1S/C11H12ClN3O2/c1-16-9-4-2-3-8(7-9)13-11-15-14-10(17-11)5-6-12/h2-4,7H,5-6H2,1H3,(H,13,15). The molecule has 6 heteroatoms. The molecular formula is C11H12ClN3O2. The van der Waals surface area contributed by atoms with Crippen molar-refractivity contribution in [2.24, 2.45) is 0 Å². The van der Waals surface area contributed by atoms with E-state index in [0.717, 1.165) is 11.4 Å². The molecule has 1 N–H and O–H groups in total. The van der Waals surface area contributed by atoms with Gasteiger partial charge < -0.3 is 14.5 Å². The predicted octanol–water partition coefficient (Wildman–Crippen LogP) is 2.60. The van der Waals surface area contributed by atoms with Crippen molar-refractivity contribution in [2.75, 3.05) is 18.3 Å². The van der Waals surface area contributed by atoms with Crippen LogP contribution in [0.5, 0.6) is 5.75 Å². The van der Waals surface area contributed by atoms with Crippen LogP contribution in [0.25, 0.3) is 0 Å². The van der Waals surface area contributed by atoms with E-state index in [4.69, 9.17) is 20.8 Å². The Morgan fingerprint density at radius 2 is 2.29 bits per heavy atom. The number of halogens is 1. The third-order valence-electron chi connectivity index (χ3n) is 2.10. The fraction of sp³-hybridized carbons (Fsp3) is 0.273. The van der Waals surface area contributed by atoms with Crippen LogP contribution in [0.15, 0.2) is 28.7 Å². The quantitative estimate of drug-likeness (QED) is 0.830. The van der Waals surface area contributed by atoms with E-state index in [1.165, 1.54) is 0 Å². The molecule has 1 heterocycles. The molecule has 0 radical (unpaired) electrons. The molecule has 0 aliphatic carbocycles. The maximum Gasteiger partial charge on any atom is 0.320 e. The summed E-state index contributed by atoms with van der Waals surface area (Å²) in [7, 11) is 1.62. The van der Waals surface area contributed by atoms with E-state index in [2.05, 4.69) is 15.5 Å². The summed E-state index contributed by atoms with van der Waals surface area (Å²) in [5.41, 5.74) is 0.824. The second-order valence-electron chi connectivity index (χ2n) is 3.30. The van der Waals surface area contributed by atoms with Gasteiger partial charge in [-0.15, -0.1) is 16.7 Å². The summed E-state index contributed by atoms with van der Waals surface area (Å²) in [5, 5.41) is 10.7. The topological polar surface area (TPSA) is 60.2 Å². The van der Waals surface area contributed by atoms with E-state index in [-0.39, 0.29) is 0 Å². The molecule has 0 aliphatic rings. The van der Waals surface area contributed by atoms with Crippen LogP contribution >= 0.6 is 11.6 Å². The molecule has 2 aromatic rings. The molecule has 1 aromatic heterocycles. The van der Waals surface area contributed by atoms with E-state index in [9.17, 15) is 0 Å². The van der Waals surface area contributed by atoms with Gasteiger partial charge in [-0.25, -0.2) is 0 Å². The Kier molecular flexibility index (Phi) is 3.82. The number of aryl methyl sites for hydroxylation is 1. The maximum absolute atomic E-state index is 5.58. The Bertz CT molecular complexity index is 487. The number of methoxy groups -OCH3 is 1. The summed E-state index contributed by atoms with van der Waals surface area (Å²) >= 11 is 5.58. The van der Waals surface area contributed by atoms with Crippen LogP contribution in [0.3, 0.4) is 0 Å². The Balaban J connectivity index is 2.08. The van der Waals surface area contributed by atoms with Gasteiger partial charge in [-0.05, 0) is 12.1 Å². The zero-order valence-electron chi connectivity index (χ0n) is 9.31. The van der Waals surface area contributed by atoms with Crippen LogP contribution in [0.2, 0.25) is 0 Å². The Morgan fingerprint density at radius 1 is 1.41 bits per heavy atom. The van der Waals surface area contributed by atoms with Crippen LogP contribution in [-0.4, -0.2) is 23.2 Å². The number of aromatic nitrogens is 2. The molecule has 1 aromatic carbocycles. The van der Waals surface area contributed by atoms with Crippen molar-refractivity contribution in [1.29, 1.82) is 0 Å². The Hall–Kier alpha value is -1.75. The third kappa shape index (κ3) is 3.10. The minimum Gasteiger partial charge on any atom is -0.497 e. The summed E-state index contributed by atoms with van der Waals surface area (Å²) in [6.45, 7) is 0. The highest BCUT2D eigenvalue weighted by molar-refractivity contribution is 6.17. The first-order valence-electron chi connectivity index (χ1n) is 5.11. The summed E-state index contributed by atoms with van der Waals surface area (Å²) in [4.78, 5) is 0. The lowest BCUT2D eigenvalue weighted by Crippen LogP contribution is -1.91. The minimum absolute atomic E-state index is 0.346. The van der Waals surface area contributed by atoms with E-state index in [1.54, 1.807) is 7.11 Å². The van der Waals surface area contributed by atoms with Crippen molar-refractivity contribution < 1.29 is 9.15 Å². The van der Waals surface area contributed by atoms with E-state index in [1.807, 2.05) is 24.3 Å². The lowest BCUT2D eigenvalue weighted by molar-refractivity contribution is 0.415. The largest absolute Gasteiger partial charge is 0.497 e. The predicted molar refractivity (Wildman–Crippen MR) is 65.0 cm³/mol. The fourth-order valence-corrected chi connectivity index (χ4v) is 1.47. The van der Waals surface area contributed by atoms with Crippen LogP contribution in [0.4, 0.5) is 11.7 Å². The van der Waals surface area contributed by atoms with E-state index in [0.29, 0.717) is 24.2 Å². The number of ether oxygens (including phenoxy) is 1. The smallest absolute Gasteiger partial charge is 0.320 e. The van der Waals surface area contributed by atoms with Gasteiger partial charge >= 0.3 is 6.01 Å². The van der Waals surface area contributed by atoms with Gasteiger partial charge in [0.25, 0.3) is 0 Å². The van der Waals surface area contributed by atoms with Crippen LogP contribution in [-0.2, 0) is 6.42 Å². The molecular weight excluding hydrogens is 242 g/mol. The number of alkyl halides is 1. The fourth-order valence-electron chi connectivity index (χ4n) is 1.31. The highest BCUT2D eigenvalue weighted by atomic mass is 35.5. The van der Waals surface area contributed by atoms with E-state index < -0.39 is 0 Å².